The van der Waals surface area contributed by atoms with E-state index in [1.165, 1.54) is 0 Å². The number of carbonyl (C=O) groups excluding carboxylic acids is 2. The summed E-state index contributed by atoms with van der Waals surface area (Å²) in [6.45, 7) is -4.22. The Kier molecular flexibility index (Phi) is 4.48. The number of rotatable bonds is 2. The second kappa shape index (κ2) is 7.18. The van der Waals surface area contributed by atoms with Gasteiger partial charge in [0.15, 0.2) is 5.78 Å². The molecule has 2 aliphatic rings. The minimum atomic E-state index is -4.22. The molecule has 2 heterocycles. The molecule has 2 atom stereocenters. The first-order valence-corrected chi connectivity index (χ1v) is 19.6. The molecule has 0 radical (unpaired) electrons. The third-order valence-corrected chi connectivity index (χ3v) is 39.5. The van der Waals surface area contributed by atoms with Gasteiger partial charge < -0.3 is 0 Å². The van der Waals surface area contributed by atoms with Gasteiger partial charge in [0.05, 0.1) is 0 Å². The van der Waals surface area contributed by atoms with Crippen molar-refractivity contribution in [1.82, 2.24) is 0 Å². The van der Waals surface area contributed by atoms with Crippen LogP contribution in [0.25, 0.3) is 10.8 Å². The Hall–Kier alpha value is -2.74. The zero-order valence-electron chi connectivity index (χ0n) is 19.2. The molecular weight excluding hydrogens is 518 g/mol. The Morgan fingerprint density at radius 3 is 1.67 bits per heavy atom. The Morgan fingerprint density at radius 2 is 1.08 bits per heavy atom. The van der Waals surface area contributed by atoms with Crippen molar-refractivity contribution < 1.29 is 9.59 Å². The molecule has 176 valence electrons. The average molecular weight is 541 g/mol. The van der Waals surface area contributed by atoms with Crippen LogP contribution in [0, 0.1) is 0 Å². The molecule has 0 aromatic heterocycles. The Labute approximate surface area is 215 Å². The highest BCUT2D eigenvalue weighted by Crippen LogP contribution is 3.43. The summed E-state index contributed by atoms with van der Waals surface area (Å²) in [4.78, 5) is 33.1. The summed E-state index contributed by atoms with van der Waals surface area (Å²) in [6, 6.07) is 39.1. The van der Waals surface area contributed by atoms with Crippen LogP contribution >= 0.6 is 32.3 Å². The SMILES string of the molecule is O=C1c2ccccc2S2(c3ccccc3)(c3ccccc3)(SP2P)C(=O)c2cccc3cccc1c23. The first-order valence-electron chi connectivity index (χ1n) is 11.7. The summed E-state index contributed by atoms with van der Waals surface area (Å²) in [5.41, 5.74) is 1.86. The van der Waals surface area contributed by atoms with Gasteiger partial charge in [-0.05, 0) is 47.9 Å². The van der Waals surface area contributed by atoms with E-state index in [2.05, 4.69) is 39.3 Å². The van der Waals surface area contributed by atoms with Gasteiger partial charge in [0.2, 0.25) is 5.12 Å². The van der Waals surface area contributed by atoms with Crippen molar-refractivity contribution in [2.24, 2.45) is 0 Å². The van der Waals surface area contributed by atoms with E-state index in [-0.39, 0.29) is 10.9 Å². The molecule has 1 saturated heterocycles. The maximum absolute atomic E-state index is 15.8. The van der Waals surface area contributed by atoms with Gasteiger partial charge in [0.1, 0.15) is 0 Å². The molecule has 6 heteroatoms. The molecule has 2 nitrogen and oxygen atoms in total. The van der Waals surface area contributed by atoms with E-state index in [1.54, 1.807) is 10.4 Å². The molecule has 2 aliphatic heterocycles. The molecule has 0 bridgehead atoms. The van der Waals surface area contributed by atoms with Gasteiger partial charge in [0, 0.05) is 42.8 Å². The van der Waals surface area contributed by atoms with E-state index >= 15 is 4.79 Å². The standard InChI is InChI=1S/C30H22O2P2S2/c31-29-24-17-7-8-20-27(24)36(34(33)35-36,22-13-3-1-4-14-22,23-15-5-2-6-16-23)30(32)26-19-10-12-21-11-9-18-25(29)28(21)26/h1-20H,33H2. The highest BCUT2D eigenvalue weighted by atomic mass is 33.9. The highest BCUT2D eigenvalue weighted by molar-refractivity contribution is 9.76. The second-order valence-corrected chi connectivity index (χ2v) is 29.1. The van der Waals surface area contributed by atoms with Crippen molar-refractivity contribution in [1.29, 1.82) is 0 Å². The predicted octanol–water partition coefficient (Wildman–Crippen LogP) is 9.34. The van der Waals surface area contributed by atoms with Gasteiger partial charge in [0.25, 0.3) is 0 Å². The lowest BCUT2D eigenvalue weighted by molar-refractivity contribution is 0.103. The molecule has 0 aliphatic carbocycles. The summed E-state index contributed by atoms with van der Waals surface area (Å²) >= 11 is 0. The van der Waals surface area contributed by atoms with Crippen LogP contribution in [0.2, 0.25) is 0 Å². The zero-order valence-corrected chi connectivity index (χ0v) is 22.9. The smallest absolute Gasteiger partial charge is 0.213 e. The van der Waals surface area contributed by atoms with E-state index in [0.29, 0.717) is 16.7 Å². The normalized spacial score (nSPS) is 22.3. The van der Waals surface area contributed by atoms with E-state index < -0.39 is 13.0 Å². The third-order valence-electron chi connectivity index (χ3n) is 7.72. The summed E-state index contributed by atoms with van der Waals surface area (Å²) in [7, 11) is 4.87. The molecule has 1 fully saturated rings. The molecule has 2 unspecified atom stereocenters. The lowest BCUT2D eigenvalue weighted by atomic mass is 9.94. The average Bonchev–Trinajstić information content (AvgIpc) is 3.56. The van der Waals surface area contributed by atoms with E-state index in [0.717, 1.165) is 25.5 Å². The summed E-state index contributed by atoms with van der Waals surface area (Å²) in [5.74, 6) is -0.0242. The van der Waals surface area contributed by atoms with Crippen molar-refractivity contribution >= 4 is 54.0 Å². The highest BCUT2D eigenvalue weighted by Gasteiger charge is 2.88. The number of fused-ring (bicyclic) bond motifs is 2. The van der Waals surface area contributed by atoms with E-state index in [4.69, 9.17) is 0 Å². The minimum Gasteiger partial charge on any atom is -0.289 e. The van der Waals surface area contributed by atoms with Crippen LogP contribution in [0.5, 0.6) is 0 Å². The Morgan fingerprint density at radius 1 is 0.583 bits per heavy atom. The van der Waals surface area contributed by atoms with E-state index in [1.807, 2.05) is 91.0 Å². The van der Waals surface area contributed by atoms with Crippen molar-refractivity contribution in [2.45, 2.75) is 14.7 Å². The monoisotopic (exact) mass is 540 g/mol. The molecule has 0 amide bonds. The molecule has 1 spiro atoms. The van der Waals surface area contributed by atoms with Crippen LogP contribution in [-0.4, -0.2) is 10.9 Å². The number of hydrogen-bond acceptors (Lipinski definition) is 3. The van der Waals surface area contributed by atoms with Crippen LogP contribution < -0.4 is 0 Å². The van der Waals surface area contributed by atoms with Crippen molar-refractivity contribution in [2.75, 3.05) is 0 Å². The largest absolute Gasteiger partial charge is 0.289 e. The number of ketones is 1. The maximum atomic E-state index is 15.8. The summed E-state index contributed by atoms with van der Waals surface area (Å²) in [6.07, 6.45) is 0. The third kappa shape index (κ3) is 2.15. The zero-order chi connectivity index (χ0) is 24.6. The van der Waals surface area contributed by atoms with Crippen LogP contribution in [0.3, 0.4) is 0 Å². The molecule has 7 rings (SSSR count). The fourth-order valence-corrected chi connectivity index (χ4v) is 44.3. The molecule has 0 N–H and O–H groups in total. The molecule has 5 aromatic carbocycles. The van der Waals surface area contributed by atoms with Gasteiger partial charge in [-0.15, -0.1) is 0 Å². The predicted molar refractivity (Wildman–Crippen MR) is 158 cm³/mol. The van der Waals surface area contributed by atoms with Crippen molar-refractivity contribution in [3.8, 4) is 0 Å². The molecule has 5 aromatic rings. The number of hydrogen-bond donors (Lipinski definition) is 0. The van der Waals surface area contributed by atoms with Gasteiger partial charge in [-0.25, -0.2) is 0 Å². The first kappa shape index (κ1) is 22.5. The van der Waals surface area contributed by atoms with E-state index in [9.17, 15) is 4.79 Å². The quantitative estimate of drug-likeness (QED) is 0.127. The summed E-state index contributed by atoms with van der Waals surface area (Å²) in [5, 5.41) is 1.81. The van der Waals surface area contributed by atoms with Gasteiger partial charge in [-0.1, -0.05) is 105 Å². The number of carbonyl (C=O) groups is 2. The van der Waals surface area contributed by atoms with Crippen molar-refractivity contribution in [3.05, 3.63) is 138 Å². The van der Waals surface area contributed by atoms with Crippen molar-refractivity contribution in [3.63, 3.8) is 0 Å². The topological polar surface area (TPSA) is 34.1 Å². The second-order valence-electron chi connectivity index (χ2n) is 9.19. The molecule has 0 saturated carbocycles. The van der Waals surface area contributed by atoms with Crippen LogP contribution in [0.4, 0.5) is 0 Å². The molecule has 36 heavy (non-hydrogen) atoms. The molecular formula is C30H22O2P2S2. The first-order chi connectivity index (χ1) is 17.5. The fraction of sp³-hybridized carbons (Fsp3) is 0. The number of benzene rings is 5. The summed E-state index contributed by atoms with van der Waals surface area (Å²) < 4.78 is 0. The van der Waals surface area contributed by atoms with Gasteiger partial charge in [-0.2, -0.15) is 0 Å². The van der Waals surface area contributed by atoms with Gasteiger partial charge >= 0.3 is 0 Å². The lowest BCUT2D eigenvalue weighted by Gasteiger charge is -2.63. The van der Waals surface area contributed by atoms with Crippen LogP contribution in [-0.2, 0) is 0 Å². The lowest BCUT2D eigenvalue weighted by Crippen LogP contribution is -2.32. The fourth-order valence-electron chi connectivity index (χ4n) is 6.08. The van der Waals surface area contributed by atoms with Gasteiger partial charge in [-0.3, -0.25) is 9.59 Å². The van der Waals surface area contributed by atoms with Crippen LogP contribution in [0.1, 0.15) is 26.3 Å². The minimum absolute atomic E-state index is 0.0242. The Bertz CT molecular complexity index is 1720. The van der Waals surface area contributed by atoms with Crippen LogP contribution in [0.15, 0.2) is 136 Å². The maximum Gasteiger partial charge on any atom is 0.213 e. The Balaban J connectivity index is 1.85.